The standard InChI is InChI=1S/C18H17BrN2O2/c1-12(22)21(16-4-2-3-14-9-10-20-18(14)16)17(23)11-13-5-7-15(19)8-6-13/h2-8,20H,9-11H2,1H3. The molecule has 118 valence electrons. The first-order valence-electron chi connectivity index (χ1n) is 7.50. The zero-order chi connectivity index (χ0) is 16.4. The number of imide groups is 1. The summed E-state index contributed by atoms with van der Waals surface area (Å²) >= 11 is 3.38. The van der Waals surface area contributed by atoms with E-state index in [-0.39, 0.29) is 18.2 Å². The first-order valence-corrected chi connectivity index (χ1v) is 8.29. The molecule has 1 N–H and O–H groups in total. The molecule has 2 aromatic carbocycles. The van der Waals surface area contributed by atoms with E-state index in [9.17, 15) is 9.59 Å². The lowest BCUT2D eigenvalue weighted by atomic mass is 10.1. The lowest BCUT2D eigenvalue weighted by molar-refractivity contribution is -0.125. The first kappa shape index (κ1) is 15.7. The summed E-state index contributed by atoms with van der Waals surface area (Å²) in [5, 5.41) is 3.28. The van der Waals surface area contributed by atoms with Gasteiger partial charge in [0.05, 0.1) is 17.8 Å². The molecule has 0 bridgehead atoms. The second-order valence-corrected chi connectivity index (χ2v) is 6.46. The number of hydrogen-bond acceptors (Lipinski definition) is 3. The van der Waals surface area contributed by atoms with Crippen LogP contribution >= 0.6 is 15.9 Å². The van der Waals surface area contributed by atoms with Crippen LogP contribution in [0.5, 0.6) is 0 Å². The summed E-state index contributed by atoms with van der Waals surface area (Å²) in [6.45, 7) is 2.26. The largest absolute Gasteiger partial charge is 0.383 e. The number of benzene rings is 2. The molecule has 0 unspecified atom stereocenters. The maximum absolute atomic E-state index is 12.7. The second kappa shape index (κ2) is 6.54. The van der Waals surface area contributed by atoms with Crippen molar-refractivity contribution >= 4 is 39.1 Å². The van der Waals surface area contributed by atoms with Crippen LogP contribution in [0.25, 0.3) is 0 Å². The Hall–Kier alpha value is -2.14. The van der Waals surface area contributed by atoms with Crippen molar-refractivity contribution < 1.29 is 9.59 Å². The second-order valence-electron chi connectivity index (χ2n) is 5.54. The fourth-order valence-corrected chi connectivity index (χ4v) is 3.11. The van der Waals surface area contributed by atoms with Crippen LogP contribution < -0.4 is 10.2 Å². The van der Waals surface area contributed by atoms with Gasteiger partial charge in [-0.05, 0) is 35.7 Å². The molecule has 0 spiro atoms. The molecule has 23 heavy (non-hydrogen) atoms. The van der Waals surface area contributed by atoms with Gasteiger partial charge >= 0.3 is 0 Å². The number of halogens is 1. The Balaban J connectivity index is 1.90. The van der Waals surface area contributed by atoms with Gasteiger partial charge in [-0.2, -0.15) is 0 Å². The molecule has 1 heterocycles. The zero-order valence-corrected chi connectivity index (χ0v) is 14.4. The van der Waals surface area contributed by atoms with Gasteiger partial charge in [0.25, 0.3) is 0 Å². The molecule has 0 aromatic heterocycles. The molecule has 5 heteroatoms. The summed E-state index contributed by atoms with van der Waals surface area (Å²) in [6.07, 6.45) is 1.10. The van der Waals surface area contributed by atoms with Crippen LogP contribution in [0.3, 0.4) is 0 Å². The molecule has 0 fully saturated rings. The number of nitrogens with one attached hydrogen (secondary N) is 1. The zero-order valence-electron chi connectivity index (χ0n) is 12.8. The Morgan fingerprint density at radius 2 is 1.91 bits per heavy atom. The molecule has 0 saturated heterocycles. The Kier molecular flexibility index (Phi) is 4.48. The lowest BCUT2D eigenvalue weighted by Gasteiger charge is -2.22. The Morgan fingerprint density at radius 1 is 1.17 bits per heavy atom. The van der Waals surface area contributed by atoms with Crippen LogP contribution in [0.2, 0.25) is 0 Å². The molecule has 0 atom stereocenters. The summed E-state index contributed by atoms with van der Waals surface area (Å²) in [6, 6.07) is 13.3. The highest BCUT2D eigenvalue weighted by Crippen LogP contribution is 2.34. The number of anilines is 2. The summed E-state index contributed by atoms with van der Waals surface area (Å²) in [5.41, 5.74) is 3.57. The average Bonchev–Trinajstić information content (AvgIpc) is 2.99. The molecule has 0 radical (unpaired) electrons. The molecule has 0 saturated carbocycles. The van der Waals surface area contributed by atoms with Gasteiger partial charge in [0.2, 0.25) is 11.8 Å². The third-order valence-electron chi connectivity index (χ3n) is 3.90. The number of para-hydroxylation sites is 1. The third-order valence-corrected chi connectivity index (χ3v) is 4.43. The minimum atomic E-state index is -0.269. The van der Waals surface area contributed by atoms with E-state index >= 15 is 0 Å². The number of fused-ring (bicyclic) bond motifs is 1. The third kappa shape index (κ3) is 3.29. The van der Waals surface area contributed by atoms with Gasteiger partial charge in [-0.25, -0.2) is 4.90 Å². The fourth-order valence-electron chi connectivity index (χ4n) is 2.84. The Morgan fingerprint density at radius 3 is 2.61 bits per heavy atom. The van der Waals surface area contributed by atoms with Crippen molar-refractivity contribution in [2.45, 2.75) is 19.8 Å². The van der Waals surface area contributed by atoms with E-state index in [1.165, 1.54) is 11.8 Å². The van der Waals surface area contributed by atoms with E-state index in [0.717, 1.165) is 34.3 Å². The van der Waals surface area contributed by atoms with Crippen molar-refractivity contribution in [3.8, 4) is 0 Å². The molecular formula is C18H17BrN2O2. The topological polar surface area (TPSA) is 49.4 Å². The predicted molar refractivity (Wildman–Crippen MR) is 94.6 cm³/mol. The number of rotatable bonds is 3. The van der Waals surface area contributed by atoms with Gasteiger partial charge in [0, 0.05) is 17.9 Å². The number of carbonyl (C=O) groups is 2. The van der Waals surface area contributed by atoms with Crippen LogP contribution in [-0.4, -0.2) is 18.4 Å². The summed E-state index contributed by atoms with van der Waals surface area (Å²) in [5.74, 6) is -0.490. The number of hydrogen-bond donors (Lipinski definition) is 1. The molecule has 3 rings (SSSR count). The van der Waals surface area contributed by atoms with E-state index in [1.807, 2.05) is 42.5 Å². The molecular weight excluding hydrogens is 356 g/mol. The van der Waals surface area contributed by atoms with Crippen molar-refractivity contribution in [3.05, 3.63) is 58.1 Å². The smallest absolute Gasteiger partial charge is 0.238 e. The van der Waals surface area contributed by atoms with Crippen LogP contribution in [0, 0.1) is 0 Å². The summed E-state index contributed by atoms with van der Waals surface area (Å²) < 4.78 is 0.960. The molecule has 1 aliphatic rings. The van der Waals surface area contributed by atoms with Crippen LogP contribution in [0.15, 0.2) is 46.9 Å². The van der Waals surface area contributed by atoms with Crippen molar-refractivity contribution in [1.82, 2.24) is 0 Å². The van der Waals surface area contributed by atoms with Crippen molar-refractivity contribution in [3.63, 3.8) is 0 Å². The van der Waals surface area contributed by atoms with E-state index in [4.69, 9.17) is 0 Å². The van der Waals surface area contributed by atoms with E-state index in [2.05, 4.69) is 21.2 Å². The van der Waals surface area contributed by atoms with Gasteiger partial charge in [0.15, 0.2) is 0 Å². The van der Waals surface area contributed by atoms with Gasteiger partial charge in [-0.1, -0.05) is 40.2 Å². The van der Waals surface area contributed by atoms with Crippen molar-refractivity contribution in [2.24, 2.45) is 0 Å². The first-order chi connectivity index (χ1) is 11.1. The van der Waals surface area contributed by atoms with Crippen molar-refractivity contribution in [1.29, 1.82) is 0 Å². The van der Waals surface area contributed by atoms with Crippen LogP contribution in [0.4, 0.5) is 11.4 Å². The van der Waals surface area contributed by atoms with Gasteiger partial charge < -0.3 is 5.32 Å². The fraction of sp³-hybridized carbons (Fsp3) is 0.222. The minimum absolute atomic E-state index is 0.191. The van der Waals surface area contributed by atoms with Gasteiger partial charge in [-0.3, -0.25) is 9.59 Å². The SMILES string of the molecule is CC(=O)N(C(=O)Cc1ccc(Br)cc1)c1cccc2c1NCC2. The molecule has 1 aliphatic heterocycles. The van der Waals surface area contributed by atoms with E-state index in [0.29, 0.717) is 5.69 Å². The van der Waals surface area contributed by atoms with E-state index < -0.39 is 0 Å². The van der Waals surface area contributed by atoms with E-state index in [1.54, 1.807) is 0 Å². The average molecular weight is 373 g/mol. The monoisotopic (exact) mass is 372 g/mol. The molecule has 0 aliphatic carbocycles. The highest BCUT2D eigenvalue weighted by Gasteiger charge is 2.25. The number of carbonyl (C=O) groups excluding carboxylic acids is 2. The minimum Gasteiger partial charge on any atom is -0.383 e. The predicted octanol–water partition coefficient (Wildman–Crippen LogP) is 3.54. The quantitative estimate of drug-likeness (QED) is 0.896. The van der Waals surface area contributed by atoms with Gasteiger partial charge in [-0.15, -0.1) is 0 Å². The highest BCUT2D eigenvalue weighted by molar-refractivity contribution is 9.10. The molecule has 4 nitrogen and oxygen atoms in total. The normalized spacial score (nSPS) is 12.4. The Labute approximate surface area is 143 Å². The highest BCUT2D eigenvalue weighted by atomic mass is 79.9. The molecule has 2 aromatic rings. The lowest BCUT2D eigenvalue weighted by Crippen LogP contribution is -2.36. The van der Waals surface area contributed by atoms with Crippen LogP contribution in [-0.2, 0) is 22.4 Å². The van der Waals surface area contributed by atoms with Gasteiger partial charge in [0.1, 0.15) is 0 Å². The molecule has 2 amide bonds. The maximum atomic E-state index is 12.7. The number of nitrogens with zero attached hydrogens (tertiary/aromatic N) is 1. The van der Waals surface area contributed by atoms with Crippen molar-refractivity contribution in [2.75, 3.05) is 16.8 Å². The summed E-state index contributed by atoms with van der Waals surface area (Å²) in [7, 11) is 0. The number of amides is 2. The maximum Gasteiger partial charge on any atom is 0.238 e. The summed E-state index contributed by atoms with van der Waals surface area (Å²) in [4.78, 5) is 26.1. The Bertz CT molecular complexity index is 756. The van der Waals surface area contributed by atoms with Crippen LogP contribution in [0.1, 0.15) is 18.1 Å².